The Morgan fingerprint density at radius 2 is 2.21 bits per heavy atom. The van der Waals surface area contributed by atoms with Gasteiger partial charge < -0.3 is 14.6 Å². The zero-order valence-electron chi connectivity index (χ0n) is 19.7. The highest BCUT2D eigenvalue weighted by Gasteiger charge is 2.24. The second kappa shape index (κ2) is 11.2. The van der Waals surface area contributed by atoms with Gasteiger partial charge in [-0.2, -0.15) is 0 Å². The lowest BCUT2D eigenvalue weighted by Gasteiger charge is -2.28. The van der Waals surface area contributed by atoms with E-state index in [4.69, 9.17) is 15.8 Å². The van der Waals surface area contributed by atoms with E-state index < -0.39 is 0 Å². The van der Waals surface area contributed by atoms with E-state index in [0.29, 0.717) is 5.84 Å². The summed E-state index contributed by atoms with van der Waals surface area (Å²) in [6.07, 6.45) is 20.1. The van der Waals surface area contributed by atoms with E-state index in [1.54, 1.807) is 11.9 Å². The normalized spacial score (nSPS) is 19.8. The summed E-state index contributed by atoms with van der Waals surface area (Å²) in [6, 6.07) is 5.89. The summed E-state index contributed by atoms with van der Waals surface area (Å²) in [4.78, 5) is 10.7. The average molecular weight is 444 g/mol. The summed E-state index contributed by atoms with van der Waals surface area (Å²) in [6.45, 7) is 6.25. The van der Waals surface area contributed by atoms with Crippen molar-refractivity contribution in [3.63, 3.8) is 0 Å². The van der Waals surface area contributed by atoms with Crippen molar-refractivity contribution in [3.05, 3.63) is 78.6 Å². The van der Waals surface area contributed by atoms with Crippen LogP contribution in [0.5, 0.6) is 0 Å². The second-order valence-corrected chi connectivity index (χ2v) is 8.15. The summed E-state index contributed by atoms with van der Waals surface area (Å²) in [7, 11) is 1.74. The van der Waals surface area contributed by atoms with E-state index in [1.807, 2.05) is 59.4 Å². The molecule has 0 saturated heterocycles. The number of nitrogens with zero attached hydrogens (tertiary/aromatic N) is 4. The molecule has 0 aromatic carbocycles. The number of pyridine rings is 1. The van der Waals surface area contributed by atoms with Crippen molar-refractivity contribution in [1.82, 2.24) is 19.6 Å². The third-order valence-corrected chi connectivity index (χ3v) is 5.66. The van der Waals surface area contributed by atoms with E-state index in [-0.39, 0.29) is 17.9 Å². The van der Waals surface area contributed by atoms with Crippen molar-refractivity contribution in [1.29, 1.82) is 10.8 Å². The van der Waals surface area contributed by atoms with Gasteiger partial charge >= 0.3 is 0 Å². The fraction of sp³-hybridized carbons (Fsp3) is 0.308. The predicted octanol–water partition coefficient (Wildman–Crippen LogP) is 4.91. The number of rotatable bonds is 9. The molecule has 7 nitrogen and oxygen atoms in total. The van der Waals surface area contributed by atoms with Crippen LogP contribution in [-0.2, 0) is 0 Å². The molecular weight excluding hydrogens is 410 g/mol. The number of hydrogen-bond donors (Lipinski definition) is 3. The Hall–Kier alpha value is -3.74. The Morgan fingerprint density at radius 3 is 2.97 bits per heavy atom. The smallest absolute Gasteiger partial charge is 0.137 e. The Balaban J connectivity index is 1.82. The van der Waals surface area contributed by atoms with Crippen LogP contribution in [0.1, 0.15) is 32.9 Å². The molecule has 0 bridgehead atoms. The van der Waals surface area contributed by atoms with Crippen LogP contribution < -0.4 is 5.32 Å². The molecule has 0 amide bonds. The number of fused-ring (bicyclic) bond motifs is 1. The predicted molar refractivity (Wildman–Crippen MR) is 138 cm³/mol. The summed E-state index contributed by atoms with van der Waals surface area (Å²) in [5.74, 6) is 0.503. The lowest BCUT2D eigenvalue weighted by atomic mass is 9.87. The van der Waals surface area contributed by atoms with Crippen LogP contribution in [0.2, 0.25) is 0 Å². The van der Waals surface area contributed by atoms with Crippen LogP contribution in [0.4, 0.5) is 0 Å². The minimum Gasteiger partial charge on any atom is -0.377 e. The standard InChI is InChI=1S/C26H33N7/c1-5-6-14-29-24(13-12-22-17-30-25-9-7-8-15-33(22)25)20(3)31-21-11-10-19(2)23(16-21)26(28)32(4)18-27/h6-20,23,27-28,31H,5H2,1-4H3/b13-12+,14-6-,27-18?,28-26?,29-24+. The molecule has 0 aliphatic heterocycles. The first-order valence-corrected chi connectivity index (χ1v) is 11.3. The topological polar surface area (TPSA) is 92.6 Å². The van der Waals surface area contributed by atoms with Crippen molar-refractivity contribution < 1.29 is 0 Å². The maximum Gasteiger partial charge on any atom is 0.137 e. The molecule has 0 radical (unpaired) electrons. The van der Waals surface area contributed by atoms with Gasteiger partial charge in [0.25, 0.3) is 0 Å². The molecule has 0 saturated carbocycles. The summed E-state index contributed by atoms with van der Waals surface area (Å²) in [5, 5.41) is 19.4. The van der Waals surface area contributed by atoms with Crippen LogP contribution in [0.3, 0.4) is 0 Å². The van der Waals surface area contributed by atoms with Gasteiger partial charge in [-0.25, -0.2) is 4.98 Å². The van der Waals surface area contributed by atoms with Crippen LogP contribution in [-0.4, -0.2) is 45.3 Å². The highest BCUT2D eigenvalue weighted by molar-refractivity contribution is 6.02. The SMILES string of the molecule is CC\C=C/N=C(\C=C\c1cnc2ccccn12)C(C)NC1=CC(C(=N)N(C)C=N)C(C)C=C1. The molecular formula is C26H33N7. The van der Waals surface area contributed by atoms with Crippen molar-refractivity contribution in [2.75, 3.05) is 7.05 Å². The average Bonchev–Trinajstić information content (AvgIpc) is 3.24. The summed E-state index contributed by atoms with van der Waals surface area (Å²) in [5.41, 5.74) is 3.73. The zero-order valence-corrected chi connectivity index (χ0v) is 19.7. The van der Waals surface area contributed by atoms with E-state index in [2.05, 4.69) is 49.3 Å². The summed E-state index contributed by atoms with van der Waals surface area (Å²) >= 11 is 0. The number of nitrogens with one attached hydrogen (secondary N) is 3. The maximum absolute atomic E-state index is 8.42. The van der Waals surface area contributed by atoms with Gasteiger partial charge in [0.15, 0.2) is 0 Å². The Morgan fingerprint density at radius 1 is 1.39 bits per heavy atom. The molecule has 3 unspecified atom stereocenters. The lowest BCUT2D eigenvalue weighted by molar-refractivity contribution is 0.565. The first-order valence-electron chi connectivity index (χ1n) is 11.3. The van der Waals surface area contributed by atoms with Crippen LogP contribution in [0.25, 0.3) is 11.7 Å². The number of aromatic nitrogens is 2. The molecule has 2 aromatic heterocycles. The third kappa shape index (κ3) is 5.94. The van der Waals surface area contributed by atoms with E-state index in [0.717, 1.165) is 29.2 Å². The monoisotopic (exact) mass is 443 g/mol. The number of hydrogen-bond acceptors (Lipinski definition) is 5. The number of imidazole rings is 1. The molecule has 33 heavy (non-hydrogen) atoms. The molecule has 172 valence electrons. The molecule has 3 atom stereocenters. The zero-order chi connectivity index (χ0) is 23.8. The van der Waals surface area contributed by atoms with Crippen molar-refractivity contribution >= 4 is 29.6 Å². The molecule has 7 heteroatoms. The fourth-order valence-electron chi connectivity index (χ4n) is 3.62. The van der Waals surface area contributed by atoms with Crippen LogP contribution in [0.15, 0.2) is 77.9 Å². The molecule has 2 aromatic rings. The van der Waals surface area contributed by atoms with Gasteiger partial charge in [0.2, 0.25) is 0 Å². The Labute approximate surface area is 196 Å². The molecule has 1 aliphatic rings. The number of allylic oxidation sites excluding steroid dienone is 3. The molecule has 0 spiro atoms. The quantitative estimate of drug-likeness (QED) is 0.380. The second-order valence-electron chi connectivity index (χ2n) is 8.15. The Kier molecular flexibility index (Phi) is 8.13. The van der Waals surface area contributed by atoms with Gasteiger partial charge in [0.1, 0.15) is 11.5 Å². The minimum atomic E-state index is -0.0922. The molecule has 1 aliphatic carbocycles. The van der Waals surface area contributed by atoms with Crippen molar-refractivity contribution in [2.45, 2.75) is 33.2 Å². The largest absolute Gasteiger partial charge is 0.377 e. The van der Waals surface area contributed by atoms with Gasteiger partial charge in [-0.15, -0.1) is 0 Å². The van der Waals surface area contributed by atoms with E-state index in [9.17, 15) is 0 Å². The summed E-state index contributed by atoms with van der Waals surface area (Å²) < 4.78 is 2.04. The lowest BCUT2D eigenvalue weighted by Crippen LogP contribution is -2.37. The number of aliphatic imine (C=N–C) groups is 1. The highest BCUT2D eigenvalue weighted by Crippen LogP contribution is 2.24. The van der Waals surface area contributed by atoms with Gasteiger partial charge in [-0.1, -0.05) is 38.1 Å². The van der Waals surface area contributed by atoms with Crippen LogP contribution in [0, 0.1) is 22.7 Å². The first kappa shape index (κ1) is 23.9. The molecule has 2 heterocycles. The highest BCUT2D eigenvalue weighted by atomic mass is 15.1. The van der Waals surface area contributed by atoms with Crippen LogP contribution >= 0.6 is 0 Å². The van der Waals surface area contributed by atoms with Gasteiger partial charge in [0, 0.05) is 31.1 Å². The minimum absolute atomic E-state index is 0.0541. The number of amidine groups is 1. The van der Waals surface area contributed by atoms with E-state index in [1.165, 1.54) is 6.34 Å². The Bertz CT molecular complexity index is 1130. The van der Waals surface area contributed by atoms with E-state index >= 15 is 0 Å². The third-order valence-electron chi connectivity index (χ3n) is 5.66. The maximum atomic E-state index is 8.42. The van der Waals surface area contributed by atoms with Gasteiger partial charge in [-0.3, -0.25) is 15.8 Å². The first-order chi connectivity index (χ1) is 15.9. The van der Waals surface area contributed by atoms with Gasteiger partial charge in [-0.05, 0) is 49.6 Å². The van der Waals surface area contributed by atoms with Gasteiger partial charge in [0.05, 0.1) is 30.0 Å². The molecule has 0 fully saturated rings. The fourth-order valence-corrected chi connectivity index (χ4v) is 3.62. The molecule has 3 N–H and O–H groups in total. The van der Waals surface area contributed by atoms with Crippen molar-refractivity contribution in [2.24, 2.45) is 16.8 Å². The van der Waals surface area contributed by atoms with Crippen molar-refractivity contribution in [3.8, 4) is 0 Å². The molecule has 3 rings (SSSR count).